The molecule has 1 N–H and O–H groups in total. The molecule has 210 valence electrons. The van der Waals surface area contributed by atoms with Crippen LogP contribution >= 0.6 is 0 Å². The standard InChI is InChI=1S/C26H33N5O7S/c1-6-8-36-18-11-19(37-10-7-9-35-5)13-20(12-18)38-25-15-24-23(30(3)26(32)31(24)4)14-22(25)28-39(33,34)21-16-27-29(2)17-21/h11-17,28H,6-10H2,1-5H3. The molecule has 0 spiro atoms. The van der Waals surface area contributed by atoms with Crippen molar-refractivity contribution in [2.45, 2.75) is 24.7 Å². The second-order valence-electron chi connectivity index (χ2n) is 8.98. The van der Waals surface area contributed by atoms with E-state index in [2.05, 4.69) is 9.82 Å². The van der Waals surface area contributed by atoms with E-state index in [4.69, 9.17) is 18.9 Å². The number of hydrogen-bond donors (Lipinski definition) is 1. The third-order valence-electron chi connectivity index (χ3n) is 5.92. The van der Waals surface area contributed by atoms with Crippen molar-refractivity contribution in [3.63, 3.8) is 0 Å². The molecule has 0 unspecified atom stereocenters. The molecule has 4 rings (SSSR count). The number of benzene rings is 2. The van der Waals surface area contributed by atoms with Crippen molar-refractivity contribution in [3.05, 3.63) is 53.2 Å². The van der Waals surface area contributed by atoms with Crippen molar-refractivity contribution >= 4 is 26.7 Å². The number of aryl methyl sites for hydroxylation is 3. The van der Waals surface area contributed by atoms with Gasteiger partial charge in [-0.05, 0) is 12.5 Å². The Labute approximate surface area is 226 Å². The highest BCUT2D eigenvalue weighted by molar-refractivity contribution is 7.92. The van der Waals surface area contributed by atoms with Gasteiger partial charge in [-0.25, -0.2) is 13.2 Å². The first-order valence-electron chi connectivity index (χ1n) is 12.4. The van der Waals surface area contributed by atoms with Crippen molar-refractivity contribution in [2.75, 3.05) is 31.7 Å². The van der Waals surface area contributed by atoms with Gasteiger partial charge in [0.2, 0.25) is 0 Å². The molecular weight excluding hydrogens is 526 g/mol. The van der Waals surface area contributed by atoms with Gasteiger partial charge in [0.25, 0.3) is 10.0 Å². The average Bonchev–Trinajstić information content (AvgIpc) is 3.43. The molecule has 2 heterocycles. The predicted octanol–water partition coefficient (Wildman–Crippen LogP) is 3.41. The summed E-state index contributed by atoms with van der Waals surface area (Å²) in [7, 11) is 2.51. The molecule has 0 saturated heterocycles. The molecule has 0 atom stereocenters. The van der Waals surface area contributed by atoms with Crippen molar-refractivity contribution in [1.82, 2.24) is 18.9 Å². The van der Waals surface area contributed by atoms with E-state index in [1.54, 1.807) is 58.6 Å². The lowest BCUT2D eigenvalue weighted by Gasteiger charge is -2.16. The number of nitrogens with zero attached hydrogens (tertiary/aromatic N) is 4. The Bertz CT molecular complexity index is 1620. The number of anilines is 1. The molecule has 0 fully saturated rings. The zero-order valence-corrected chi connectivity index (χ0v) is 23.4. The van der Waals surface area contributed by atoms with Crippen LogP contribution in [0.4, 0.5) is 5.69 Å². The van der Waals surface area contributed by atoms with E-state index < -0.39 is 10.0 Å². The highest BCUT2D eigenvalue weighted by Gasteiger charge is 2.22. The molecule has 0 bridgehead atoms. The van der Waals surface area contributed by atoms with Crippen molar-refractivity contribution in [1.29, 1.82) is 0 Å². The Morgan fingerprint density at radius 1 is 0.897 bits per heavy atom. The first-order valence-corrected chi connectivity index (χ1v) is 13.9. The maximum Gasteiger partial charge on any atom is 0.328 e. The summed E-state index contributed by atoms with van der Waals surface area (Å²) in [6.07, 6.45) is 4.16. The summed E-state index contributed by atoms with van der Waals surface area (Å²) in [5, 5.41) is 3.96. The number of hydrogen-bond acceptors (Lipinski definition) is 8. The lowest BCUT2D eigenvalue weighted by molar-refractivity contribution is 0.172. The monoisotopic (exact) mass is 559 g/mol. The first-order chi connectivity index (χ1) is 18.6. The third-order valence-corrected chi connectivity index (χ3v) is 7.24. The molecule has 0 aliphatic heterocycles. The van der Waals surface area contributed by atoms with E-state index in [0.717, 1.165) is 6.42 Å². The normalized spacial score (nSPS) is 11.6. The Hall–Kier alpha value is -3.97. The smallest absolute Gasteiger partial charge is 0.328 e. The van der Waals surface area contributed by atoms with Crippen LogP contribution in [0.3, 0.4) is 0 Å². The Kier molecular flexibility index (Phi) is 8.51. The summed E-state index contributed by atoms with van der Waals surface area (Å²) in [6.45, 7) is 3.49. The van der Waals surface area contributed by atoms with Crippen LogP contribution in [0.2, 0.25) is 0 Å². The summed E-state index contributed by atoms with van der Waals surface area (Å²) in [5.41, 5.74) is 0.983. The van der Waals surface area contributed by atoms with Gasteiger partial charge in [0.1, 0.15) is 22.1 Å². The zero-order chi connectivity index (χ0) is 28.2. The van der Waals surface area contributed by atoms with E-state index in [0.29, 0.717) is 54.5 Å². The van der Waals surface area contributed by atoms with Gasteiger partial charge in [-0.3, -0.25) is 18.5 Å². The van der Waals surface area contributed by atoms with Crippen molar-refractivity contribution in [3.8, 4) is 23.0 Å². The van der Waals surface area contributed by atoms with Crippen molar-refractivity contribution in [2.24, 2.45) is 21.1 Å². The number of aromatic nitrogens is 4. The SMILES string of the molecule is CCCOc1cc(OCCCOC)cc(Oc2cc3c(cc2NS(=O)(=O)c2cnn(C)c2)n(C)c(=O)n3C)c1. The lowest BCUT2D eigenvalue weighted by Crippen LogP contribution is -2.19. The highest BCUT2D eigenvalue weighted by atomic mass is 32.2. The fourth-order valence-electron chi connectivity index (χ4n) is 3.94. The van der Waals surface area contributed by atoms with Gasteiger partial charge in [-0.15, -0.1) is 0 Å². The number of sulfonamides is 1. The minimum atomic E-state index is -4.01. The minimum Gasteiger partial charge on any atom is -0.493 e. The number of ether oxygens (including phenoxy) is 4. The Morgan fingerprint density at radius 2 is 1.54 bits per heavy atom. The summed E-state index contributed by atoms with van der Waals surface area (Å²) in [6, 6.07) is 8.35. The molecule has 4 aromatic rings. The van der Waals surface area contributed by atoms with Gasteiger partial charge in [0.05, 0.1) is 36.1 Å². The quantitative estimate of drug-likeness (QED) is 0.247. The predicted molar refractivity (Wildman–Crippen MR) is 146 cm³/mol. The third kappa shape index (κ3) is 6.37. The molecule has 0 radical (unpaired) electrons. The van der Waals surface area contributed by atoms with Gasteiger partial charge in [-0.2, -0.15) is 5.10 Å². The molecule has 0 amide bonds. The van der Waals surface area contributed by atoms with E-state index >= 15 is 0 Å². The number of methoxy groups -OCH3 is 1. The number of nitrogens with one attached hydrogen (secondary N) is 1. The molecule has 0 aliphatic carbocycles. The minimum absolute atomic E-state index is 0.0142. The average molecular weight is 560 g/mol. The summed E-state index contributed by atoms with van der Waals surface area (Å²) < 4.78 is 56.2. The van der Waals surface area contributed by atoms with Crippen LogP contribution in [0.1, 0.15) is 19.8 Å². The molecule has 2 aromatic heterocycles. The molecule has 0 saturated carbocycles. The second-order valence-corrected chi connectivity index (χ2v) is 10.7. The highest BCUT2D eigenvalue weighted by Crippen LogP contribution is 2.37. The van der Waals surface area contributed by atoms with E-state index in [9.17, 15) is 13.2 Å². The van der Waals surface area contributed by atoms with Gasteiger partial charge in [0.15, 0.2) is 5.75 Å². The maximum atomic E-state index is 13.2. The Morgan fingerprint density at radius 3 is 2.15 bits per heavy atom. The number of imidazole rings is 1. The second kappa shape index (κ2) is 11.8. The van der Waals surface area contributed by atoms with Crippen molar-refractivity contribution < 1.29 is 27.4 Å². The van der Waals surface area contributed by atoms with Gasteiger partial charge in [-0.1, -0.05) is 6.92 Å². The molecular formula is C26H33N5O7S. The fraction of sp³-hybridized carbons (Fsp3) is 0.385. The topological polar surface area (TPSA) is 128 Å². The molecule has 39 heavy (non-hydrogen) atoms. The molecule has 2 aromatic carbocycles. The lowest BCUT2D eigenvalue weighted by atomic mass is 10.2. The molecule has 12 nitrogen and oxygen atoms in total. The summed E-state index contributed by atoms with van der Waals surface area (Å²) in [5.74, 6) is 1.63. The summed E-state index contributed by atoms with van der Waals surface area (Å²) >= 11 is 0. The van der Waals surface area contributed by atoms with Crippen LogP contribution in [0.15, 0.2) is 52.4 Å². The van der Waals surface area contributed by atoms with Crippen LogP contribution in [0.5, 0.6) is 23.0 Å². The van der Waals surface area contributed by atoms with E-state index in [1.165, 1.54) is 26.2 Å². The zero-order valence-electron chi connectivity index (χ0n) is 22.6. The van der Waals surface area contributed by atoms with Gasteiger partial charge in [0, 0.05) is 71.7 Å². The van der Waals surface area contributed by atoms with Gasteiger partial charge >= 0.3 is 5.69 Å². The van der Waals surface area contributed by atoms with Crippen LogP contribution in [-0.4, -0.2) is 54.3 Å². The largest absolute Gasteiger partial charge is 0.493 e. The summed E-state index contributed by atoms with van der Waals surface area (Å²) in [4.78, 5) is 12.6. The van der Waals surface area contributed by atoms with Crippen LogP contribution in [-0.2, 0) is 35.9 Å². The number of fused-ring (bicyclic) bond motifs is 1. The first kappa shape index (κ1) is 28.0. The van der Waals surface area contributed by atoms with Crippen LogP contribution < -0.4 is 24.6 Å². The van der Waals surface area contributed by atoms with Gasteiger partial charge < -0.3 is 18.9 Å². The fourth-order valence-corrected chi connectivity index (χ4v) is 4.99. The Balaban J connectivity index is 1.77. The van der Waals surface area contributed by atoms with E-state index in [-0.39, 0.29) is 22.0 Å². The van der Waals surface area contributed by atoms with Crippen LogP contribution in [0.25, 0.3) is 11.0 Å². The molecule has 0 aliphatic rings. The molecule has 13 heteroatoms. The van der Waals surface area contributed by atoms with Crippen LogP contribution in [0, 0.1) is 0 Å². The van der Waals surface area contributed by atoms with E-state index in [1.807, 2.05) is 6.92 Å². The maximum absolute atomic E-state index is 13.2. The number of rotatable bonds is 13.